The molecule has 0 aliphatic rings. The monoisotopic (exact) mass is 438 g/mol. The van der Waals surface area contributed by atoms with Crippen LogP contribution in [0.5, 0.6) is 0 Å². The molecule has 4 aromatic rings. The zero-order valence-electron chi connectivity index (χ0n) is 16.7. The van der Waals surface area contributed by atoms with Gasteiger partial charge in [0.2, 0.25) is 5.91 Å². The maximum atomic E-state index is 13.1. The number of fused-ring (bicyclic) bond motifs is 1. The van der Waals surface area contributed by atoms with Gasteiger partial charge in [-0.15, -0.1) is 22.7 Å². The molecule has 0 unspecified atom stereocenters. The van der Waals surface area contributed by atoms with Gasteiger partial charge in [-0.2, -0.15) is 0 Å². The Labute approximate surface area is 182 Å². The van der Waals surface area contributed by atoms with Gasteiger partial charge in [-0.3, -0.25) is 14.2 Å². The van der Waals surface area contributed by atoms with Crippen LogP contribution in [-0.4, -0.2) is 41.0 Å². The maximum Gasteiger partial charge on any atom is 0.263 e. The molecule has 0 radical (unpaired) electrons. The summed E-state index contributed by atoms with van der Waals surface area (Å²) in [6.45, 7) is 0.591. The van der Waals surface area contributed by atoms with Gasteiger partial charge in [-0.25, -0.2) is 4.98 Å². The lowest BCUT2D eigenvalue weighted by Crippen LogP contribution is -2.38. The summed E-state index contributed by atoms with van der Waals surface area (Å²) in [6.07, 6.45) is 1.46. The van der Waals surface area contributed by atoms with Crippen LogP contribution in [0.25, 0.3) is 20.7 Å². The van der Waals surface area contributed by atoms with Crippen molar-refractivity contribution in [3.8, 4) is 10.4 Å². The van der Waals surface area contributed by atoms with Crippen molar-refractivity contribution in [2.75, 3.05) is 20.6 Å². The quantitative estimate of drug-likeness (QED) is 0.479. The Kier molecular flexibility index (Phi) is 6.08. The Morgan fingerprint density at radius 1 is 1.17 bits per heavy atom. The molecule has 0 fully saturated rings. The zero-order valence-corrected chi connectivity index (χ0v) is 18.4. The van der Waals surface area contributed by atoms with Crippen LogP contribution in [0.1, 0.15) is 11.6 Å². The first-order chi connectivity index (χ1) is 14.5. The summed E-state index contributed by atoms with van der Waals surface area (Å²) >= 11 is 3.03. The minimum Gasteiger partial charge on any atom is -0.346 e. The van der Waals surface area contributed by atoms with E-state index in [-0.39, 0.29) is 24.1 Å². The third-order valence-electron chi connectivity index (χ3n) is 4.75. The van der Waals surface area contributed by atoms with E-state index in [0.29, 0.717) is 16.8 Å². The van der Waals surface area contributed by atoms with Crippen molar-refractivity contribution in [2.24, 2.45) is 0 Å². The Morgan fingerprint density at radius 2 is 1.97 bits per heavy atom. The fourth-order valence-electron chi connectivity index (χ4n) is 3.37. The van der Waals surface area contributed by atoms with Gasteiger partial charge in [0.05, 0.1) is 17.8 Å². The van der Waals surface area contributed by atoms with E-state index in [2.05, 4.69) is 10.3 Å². The van der Waals surface area contributed by atoms with E-state index in [1.54, 1.807) is 11.3 Å². The summed E-state index contributed by atoms with van der Waals surface area (Å²) in [7, 11) is 3.93. The smallest absolute Gasteiger partial charge is 0.263 e. The van der Waals surface area contributed by atoms with Crippen LogP contribution in [0.15, 0.2) is 64.3 Å². The number of amides is 1. The predicted octanol–water partition coefficient (Wildman–Crippen LogP) is 3.61. The van der Waals surface area contributed by atoms with E-state index in [1.165, 1.54) is 22.2 Å². The van der Waals surface area contributed by atoms with Crippen molar-refractivity contribution < 1.29 is 4.79 Å². The van der Waals surface area contributed by atoms with Gasteiger partial charge in [-0.1, -0.05) is 36.4 Å². The average Bonchev–Trinajstić information content (AvgIpc) is 3.40. The second kappa shape index (κ2) is 8.91. The highest BCUT2D eigenvalue weighted by Gasteiger charge is 2.18. The molecule has 0 aliphatic heterocycles. The largest absolute Gasteiger partial charge is 0.346 e. The molecule has 8 heteroatoms. The topological polar surface area (TPSA) is 67.2 Å². The number of rotatable bonds is 7. The molecule has 1 aromatic carbocycles. The first kappa shape index (κ1) is 20.5. The van der Waals surface area contributed by atoms with E-state index in [9.17, 15) is 9.59 Å². The third kappa shape index (κ3) is 4.35. The van der Waals surface area contributed by atoms with Gasteiger partial charge >= 0.3 is 0 Å². The molecule has 1 atom stereocenters. The fraction of sp³-hybridized carbons (Fsp3) is 0.227. The highest BCUT2D eigenvalue weighted by molar-refractivity contribution is 7.18. The van der Waals surface area contributed by atoms with Crippen molar-refractivity contribution in [2.45, 2.75) is 12.6 Å². The number of benzene rings is 1. The molecule has 3 heterocycles. The van der Waals surface area contributed by atoms with E-state index >= 15 is 0 Å². The van der Waals surface area contributed by atoms with Crippen molar-refractivity contribution >= 4 is 38.8 Å². The second-order valence-electron chi connectivity index (χ2n) is 7.28. The van der Waals surface area contributed by atoms with Gasteiger partial charge in [0.1, 0.15) is 11.4 Å². The molecule has 1 N–H and O–H groups in total. The van der Waals surface area contributed by atoms with Crippen molar-refractivity contribution in [1.29, 1.82) is 0 Å². The van der Waals surface area contributed by atoms with Crippen LogP contribution < -0.4 is 10.9 Å². The molecule has 0 aliphatic carbocycles. The number of hydrogen-bond donors (Lipinski definition) is 1. The lowest BCUT2D eigenvalue weighted by Gasteiger charge is -2.23. The lowest BCUT2D eigenvalue weighted by molar-refractivity contribution is -0.122. The van der Waals surface area contributed by atoms with Crippen molar-refractivity contribution in [3.63, 3.8) is 0 Å². The van der Waals surface area contributed by atoms with Crippen molar-refractivity contribution in [3.05, 3.63) is 75.5 Å². The Hall–Kier alpha value is -2.81. The summed E-state index contributed by atoms with van der Waals surface area (Å²) in [6, 6.07) is 13.6. The average molecular weight is 439 g/mol. The third-order valence-corrected chi connectivity index (χ3v) is 6.54. The Bertz CT molecular complexity index is 1200. The van der Waals surface area contributed by atoms with Crippen LogP contribution in [0.3, 0.4) is 0 Å². The van der Waals surface area contributed by atoms with Crippen LogP contribution in [0, 0.1) is 0 Å². The minimum atomic E-state index is -0.221. The molecule has 0 bridgehead atoms. The van der Waals surface area contributed by atoms with E-state index in [1.807, 2.05) is 72.2 Å². The lowest BCUT2D eigenvalue weighted by atomic mass is 10.1. The van der Waals surface area contributed by atoms with E-state index in [4.69, 9.17) is 0 Å². The van der Waals surface area contributed by atoms with Gasteiger partial charge in [0, 0.05) is 22.4 Å². The number of thiophene rings is 2. The van der Waals surface area contributed by atoms with Gasteiger partial charge in [0.25, 0.3) is 5.56 Å². The van der Waals surface area contributed by atoms with Crippen LogP contribution >= 0.6 is 22.7 Å². The van der Waals surface area contributed by atoms with Gasteiger partial charge in [0.15, 0.2) is 0 Å². The maximum absolute atomic E-state index is 13.1. The molecule has 4 rings (SSSR count). The second-order valence-corrected chi connectivity index (χ2v) is 9.08. The zero-order chi connectivity index (χ0) is 21.1. The summed E-state index contributed by atoms with van der Waals surface area (Å²) in [5.74, 6) is -0.221. The fourth-order valence-corrected chi connectivity index (χ4v) is 5.09. The molecule has 3 aromatic heterocycles. The number of aromatic nitrogens is 2. The molecule has 154 valence electrons. The van der Waals surface area contributed by atoms with E-state index < -0.39 is 0 Å². The summed E-state index contributed by atoms with van der Waals surface area (Å²) in [4.78, 5) is 34.1. The van der Waals surface area contributed by atoms with Crippen LogP contribution in [0.2, 0.25) is 0 Å². The van der Waals surface area contributed by atoms with Gasteiger partial charge in [-0.05, 0) is 31.1 Å². The van der Waals surface area contributed by atoms with Crippen LogP contribution in [0.4, 0.5) is 0 Å². The SMILES string of the molecule is CN(C)C[C@H](NC(=O)Cn1cnc2scc(-c3cccs3)c2c1=O)c1ccccc1. The van der Waals surface area contributed by atoms with E-state index in [0.717, 1.165) is 16.0 Å². The van der Waals surface area contributed by atoms with Crippen LogP contribution in [-0.2, 0) is 11.3 Å². The number of nitrogens with one attached hydrogen (secondary N) is 1. The highest BCUT2D eigenvalue weighted by atomic mass is 32.1. The normalized spacial score (nSPS) is 12.4. The number of carbonyl (C=O) groups excluding carboxylic acids is 1. The van der Waals surface area contributed by atoms with Gasteiger partial charge < -0.3 is 10.2 Å². The first-order valence-corrected chi connectivity index (χ1v) is 11.3. The molecular formula is C22H22N4O2S2. The minimum absolute atomic E-state index is 0.0712. The molecule has 0 spiro atoms. The molecular weight excluding hydrogens is 416 g/mol. The Morgan fingerprint density at radius 3 is 2.67 bits per heavy atom. The molecule has 1 amide bonds. The number of carbonyl (C=O) groups is 1. The predicted molar refractivity (Wildman–Crippen MR) is 123 cm³/mol. The molecule has 30 heavy (non-hydrogen) atoms. The Balaban J connectivity index is 1.59. The summed E-state index contributed by atoms with van der Waals surface area (Å²) in [5.41, 5.74) is 1.72. The number of nitrogens with zero attached hydrogens (tertiary/aromatic N) is 3. The van der Waals surface area contributed by atoms with Crippen molar-refractivity contribution in [1.82, 2.24) is 19.8 Å². The highest BCUT2D eigenvalue weighted by Crippen LogP contribution is 2.33. The molecule has 0 saturated carbocycles. The molecule has 6 nitrogen and oxygen atoms in total. The summed E-state index contributed by atoms with van der Waals surface area (Å²) in [5, 5.41) is 7.57. The number of hydrogen-bond acceptors (Lipinski definition) is 6. The standard InChI is InChI=1S/C22H22N4O2S2/c1-25(2)11-17(15-7-4-3-5-8-15)24-19(27)12-26-14-23-21-20(22(26)28)16(13-30-21)18-9-6-10-29-18/h3-10,13-14,17H,11-12H2,1-2H3,(H,24,27)/t17-/m0/s1. The number of likely N-dealkylation sites (N-methyl/N-ethyl adjacent to an activating group) is 1. The molecule has 0 saturated heterocycles. The first-order valence-electron chi connectivity index (χ1n) is 9.52. The summed E-state index contributed by atoms with van der Waals surface area (Å²) < 4.78 is 1.39.